The number of aliphatic hydroxyl groups excluding tert-OH is 1. The van der Waals surface area contributed by atoms with E-state index in [9.17, 15) is 15.0 Å². The van der Waals surface area contributed by atoms with Gasteiger partial charge in [-0.05, 0) is 32.4 Å². The third kappa shape index (κ3) is 4.14. The Labute approximate surface area is 134 Å². The van der Waals surface area contributed by atoms with Gasteiger partial charge in [0.25, 0.3) is 0 Å². The minimum absolute atomic E-state index is 0.000513. The van der Waals surface area contributed by atoms with Gasteiger partial charge in [0.05, 0.1) is 18.7 Å². The fourth-order valence-electron chi connectivity index (χ4n) is 2.19. The number of aromatic amines is 1. The molecule has 0 fully saturated rings. The predicted octanol–water partition coefficient (Wildman–Crippen LogP) is 2.44. The molecule has 1 aromatic heterocycles. The van der Waals surface area contributed by atoms with Crippen molar-refractivity contribution in [2.45, 2.75) is 32.4 Å². The second-order valence-corrected chi connectivity index (χ2v) is 6.30. The number of methoxy groups -OCH3 is 1. The van der Waals surface area contributed by atoms with Gasteiger partial charge < -0.3 is 30.0 Å². The summed E-state index contributed by atoms with van der Waals surface area (Å²) in [6, 6.07) is 4.67. The Morgan fingerprint density at radius 2 is 2.09 bits per heavy atom. The summed E-state index contributed by atoms with van der Waals surface area (Å²) in [7, 11) is 1.20. The summed E-state index contributed by atoms with van der Waals surface area (Å²) < 4.78 is 9.36. The lowest BCUT2D eigenvalue weighted by Crippen LogP contribution is -2.38. The van der Waals surface area contributed by atoms with Crippen molar-refractivity contribution in [3.8, 4) is 11.6 Å². The smallest absolute Gasteiger partial charge is 0.506 e. The first-order valence-corrected chi connectivity index (χ1v) is 7.25. The van der Waals surface area contributed by atoms with E-state index < -0.39 is 12.3 Å². The number of ether oxygens (including phenoxy) is 2. The molecule has 4 N–H and O–H groups in total. The van der Waals surface area contributed by atoms with Crippen LogP contribution in [0.1, 0.15) is 32.4 Å². The molecule has 0 aliphatic carbocycles. The number of rotatable bonds is 4. The number of aromatic nitrogens is 1. The molecule has 0 spiro atoms. The Morgan fingerprint density at radius 1 is 1.39 bits per heavy atom. The van der Waals surface area contributed by atoms with Crippen LogP contribution in [-0.4, -0.2) is 40.5 Å². The zero-order valence-electron chi connectivity index (χ0n) is 13.6. The Morgan fingerprint density at radius 3 is 2.70 bits per heavy atom. The van der Waals surface area contributed by atoms with Gasteiger partial charge in [-0.15, -0.1) is 0 Å². The number of aliphatic hydroxyl groups is 1. The summed E-state index contributed by atoms with van der Waals surface area (Å²) in [6.07, 6.45) is -1.65. The molecule has 0 saturated heterocycles. The molecule has 1 aromatic carbocycles. The predicted molar refractivity (Wildman–Crippen MR) is 85.7 cm³/mol. The first-order valence-electron chi connectivity index (χ1n) is 7.25. The largest absolute Gasteiger partial charge is 0.514 e. The molecule has 2 rings (SSSR count). The number of benzene rings is 1. The van der Waals surface area contributed by atoms with Crippen LogP contribution in [0.4, 0.5) is 4.79 Å². The van der Waals surface area contributed by atoms with Gasteiger partial charge >= 0.3 is 6.16 Å². The third-order valence-electron chi connectivity index (χ3n) is 3.33. The summed E-state index contributed by atoms with van der Waals surface area (Å²) in [5.41, 5.74) is 0.871. The molecule has 23 heavy (non-hydrogen) atoms. The topological polar surface area (TPSA) is 104 Å². The van der Waals surface area contributed by atoms with Gasteiger partial charge in [0, 0.05) is 23.5 Å². The zero-order chi connectivity index (χ0) is 17.2. The zero-order valence-corrected chi connectivity index (χ0v) is 13.6. The van der Waals surface area contributed by atoms with Gasteiger partial charge in [-0.2, -0.15) is 0 Å². The Bertz CT molecular complexity index is 702. The molecule has 0 aliphatic heterocycles. The lowest BCUT2D eigenvalue weighted by molar-refractivity contribution is 0.120. The van der Waals surface area contributed by atoms with Gasteiger partial charge in [-0.3, -0.25) is 0 Å². The van der Waals surface area contributed by atoms with E-state index in [4.69, 9.17) is 4.74 Å². The SMILES string of the molecule is COC(=O)Oc1cc2c(C(O)CNC(C)(C)C)ccc(O)c2[nH]1. The van der Waals surface area contributed by atoms with Gasteiger partial charge in [0.1, 0.15) is 5.75 Å². The highest BCUT2D eigenvalue weighted by Gasteiger charge is 2.19. The van der Waals surface area contributed by atoms with Gasteiger partial charge in [-0.1, -0.05) is 6.07 Å². The number of hydrogen-bond acceptors (Lipinski definition) is 6. The molecule has 7 nitrogen and oxygen atoms in total. The first-order chi connectivity index (χ1) is 10.7. The van der Waals surface area contributed by atoms with Crippen molar-refractivity contribution in [2.24, 2.45) is 0 Å². The fourth-order valence-corrected chi connectivity index (χ4v) is 2.19. The molecule has 126 valence electrons. The number of aromatic hydroxyl groups is 1. The highest BCUT2D eigenvalue weighted by molar-refractivity contribution is 5.90. The van der Waals surface area contributed by atoms with Crippen LogP contribution in [0.2, 0.25) is 0 Å². The number of phenolic OH excluding ortho intramolecular Hbond substituents is 1. The summed E-state index contributed by atoms with van der Waals surface area (Å²) in [4.78, 5) is 14.0. The first kappa shape index (κ1) is 17.1. The third-order valence-corrected chi connectivity index (χ3v) is 3.33. The summed E-state index contributed by atoms with van der Waals surface area (Å²) in [5, 5.41) is 24.2. The van der Waals surface area contributed by atoms with Gasteiger partial charge in [-0.25, -0.2) is 4.79 Å². The number of nitrogens with one attached hydrogen (secondary N) is 2. The van der Waals surface area contributed by atoms with E-state index in [1.165, 1.54) is 13.2 Å². The molecule has 1 atom stereocenters. The number of H-pyrrole nitrogens is 1. The lowest BCUT2D eigenvalue weighted by atomic mass is 10.0. The molecule has 0 amide bonds. The van der Waals surface area contributed by atoms with E-state index in [2.05, 4.69) is 15.0 Å². The second-order valence-electron chi connectivity index (χ2n) is 6.30. The van der Waals surface area contributed by atoms with Crippen molar-refractivity contribution in [3.05, 3.63) is 23.8 Å². The molecule has 0 radical (unpaired) electrons. The van der Waals surface area contributed by atoms with Crippen molar-refractivity contribution in [2.75, 3.05) is 13.7 Å². The second kappa shape index (κ2) is 6.47. The number of fused-ring (bicyclic) bond motifs is 1. The van der Waals surface area contributed by atoms with Crippen LogP contribution >= 0.6 is 0 Å². The maximum Gasteiger partial charge on any atom is 0.514 e. The summed E-state index contributed by atoms with van der Waals surface area (Å²) >= 11 is 0. The maximum absolute atomic E-state index is 11.2. The highest BCUT2D eigenvalue weighted by Crippen LogP contribution is 2.33. The van der Waals surface area contributed by atoms with Crippen LogP contribution in [0, 0.1) is 0 Å². The minimum atomic E-state index is -0.868. The lowest BCUT2D eigenvalue weighted by Gasteiger charge is -2.23. The van der Waals surface area contributed by atoms with E-state index in [1.807, 2.05) is 20.8 Å². The molecular weight excluding hydrogens is 300 g/mol. The van der Waals surface area contributed by atoms with Crippen LogP contribution in [0.15, 0.2) is 18.2 Å². The molecule has 7 heteroatoms. The number of phenols is 1. The van der Waals surface area contributed by atoms with E-state index in [0.717, 1.165) is 0 Å². The van der Waals surface area contributed by atoms with E-state index >= 15 is 0 Å². The van der Waals surface area contributed by atoms with Crippen molar-refractivity contribution in [1.29, 1.82) is 0 Å². The van der Waals surface area contributed by atoms with Gasteiger partial charge in [0.2, 0.25) is 5.88 Å². The molecule has 1 unspecified atom stereocenters. The van der Waals surface area contributed by atoms with Crippen LogP contribution in [0.3, 0.4) is 0 Å². The molecule has 2 aromatic rings. The van der Waals surface area contributed by atoms with Crippen molar-refractivity contribution < 1.29 is 24.5 Å². The minimum Gasteiger partial charge on any atom is -0.506 e. The van der Waals surface area contributed by atoms with E-state index in [1.54, 1.807) is 12.1 Å². The van der Waals surface area contributed by atoms with Crippen LogP contribution in [0.5, 0.6) is 11.6 Å². The Hall–Kier alpha value is -2.25. The summed E-state index contributed by atoms with van der Waals surface area (Å²) in [5.74, 6) is 0.130. The number of carbonyl (C=O) groups is 1. The number of β-amino-alcohol motifs (C(OH)–C–C–N with tert-alkyl or cyclic N) is 1. The monoisotopic (exact) mass is 322 g/mol. The van der Waals surface area contributed by atoms with Crippen molar-refractivity contribution in [1.82, 2.24) is 10.3 Å². The van der Waals surface area contributed by atoms with E-state index in [-0.39, 0.29) is 17.2 Å². The standard InChI is InChI=1S/C16H22N2O5/c1-16(2,3)17-8-12(20)9-5-6-11(19)14-10(9)7-13(18-14)23-15(21)22-4/h5-7,12,17-20H,8H2,1-4H3. The molecule has 0 aliphatic rings. The fraction of sp³-hybridized carbons (Fsp3) is 0.438. The number of hydrogen-bond donors (Lipinski definition) is 4. The summed E-state index contributed by atoms with van der Waals surface area (Å²) in [6.45, 7) is 6.36. The highest BCUT2D eigenvalue weighted by atomic mass is 16.7. The number of carbonyl (C=O) groups excluding carboxylic acids is 1. The quantitative estimate of drug-likeness (QED) is 0.645. The molecule has 0 saturated carbocycles. The Balaban J connectivity index is 2.33. The van der Waals surface area contributed by atoms with E-state index in [0.29, 0.717) is 23.0 Å². The molecular formula is C16H22N2O5. The molecule has 1 heterocycles. The van der Waals surface area contributed by atoms with Crippen LogP contribution < -0.4 is 10.1 Å². The van der Waals surface area contributed by atoms with Crippen LogP contribution in [-0.2, 0) is 4.74 Å². The van der Waals surface area contributed by atoms with Crippen molar-refractivity contribution >= 4 is 17.1 Å². The van der Waals surface area contributed by atoms with Gasteiger partial charge in [0.15, 0.2) is 0 Å². The average Bonchev–Trinajstić information content (AvgIpc) is 2.88. The average molecular weight is 322 g/mol. The Kier molecular flexibility index (Phi) is 4.82. The van der Waals surface area contributed by atoms with Crippen LogP contribution in [0.25, 0.3) is 10.9 Å². The molecule has 0 bridgehead atoms. The normalized spacial score (nSPS) is 13.1. The van der Waals surface area contributed by atoms with Crippen molar-refractivity contribution in [3.63, 3.8) is 0 Å². The maximum atomic E-state index is 11.2.